The van der Waals surface area contributed by atoms with E-state index in [1.807, 2.05) is 30.3 Å². The lowest BCUT2D eigenvalue weighted by Crippen LogP contribution is -2.21. The number of hydrogen-bond acceptors (Lipinski definition) is 4. The lowest BCUT2D eigenvalue weighted by molar-refractivity contribution is 0.558. The molecule has 0 radical (unpaired) electrons. The van der Waals surface area contributed by atoms with Crippen molar-refractivity contribution in [2.45, 2.75) is 32.9 Å². The van der Waals surface area contributed by atoms with Crippen molar-refractivity contribution in [1.29, 1.82) is 0 Å². The third kappa shape index (κ3) is 4.29. The van der Waals surface area contributed by atoms with Crippen molar-refractivity contribution in [2.24, 2.45) is 7.05 Å². The van der Waals surface area contributed by atoms with Gasteiger partial charge in [-0.1, -0.05) is 6.92 Å². The summed E-state index contributed by atoms with van der Waals surface area (Å²) in [7, 11) is 4.01. The molecule has 0 aromatic carbocycles. The number of aromatic nitrogens is 3. The maximum absolute atomic E-state index is 4.57. The Balaban J connectivity index is 1.97. The second-order valence-corrected chi connectivity index (χ2v) is 5.50. The van der Waals surface area contributed by atoms with Gasteiger partial charge >= 0.3 is 0 Å². The Kier molecular flexibility index (Phi) is 5.33. The predicted molar refractivity (Wildman–Crippen MR) is 86.3 cm³/mol. The van der Waals surface area contributed by atoms with Crippen LogP contribution in [0.4, 0.5) is 5.69 Å². The molecule has 0 aliphatic heterocycles. The van der Waals surface area contributed by atoms with Gasteiger partial charge in [0.15, 0.2) is 0 Å². The van der Waals surface area contributed by atoms with Crippen LogP contribution in [0.2, 0.25) is 0 Å². The number of anilines is 1. The molecular formula is C16H25N5. The second-order valence-electron chi connectivity index (χ2n) is 5.50. The van der Waals surface area contributed by atoms with Crippen molar-refractivity contribution in [3.05, 3.63) is 42.0 Å². The van der Waals surface area contributed by atoms with Crippen LogP contribution in [0.1, 0.15) is 37.6 Å². The van der Waals surface area contributed by atoms with Crippen LogP contribution in [0.15, 0.2) is 30.7 Å². The molecule has 5 nitrogen and oxygen atoms in total. The van der Waals surface area contributed by atoms with Crippen molar-refractivity contribution in [2.75, 3.05) is 18.5 Å². The van der Waals surface area contributed by atoms with Crippen LogP contribution in [0.3, 0.4) is 0 Å². The van der Waals surface area contributed by atoms with Crippen molar-refractivity contribution < 1.29 is 0 Å². The molecular weight excluding hydrogens is 262 g/mol. The van der Waals surface area contributed by atoms with E-state index in [0.29, 0.717) is 6.04 Å². The SMILES string of the molecule is CCCNC(C)c1ccc(N(C)Cc2cnn(C)c2)cn1. The summed E-state index contributed by atoms with van der Waals surface area (Å²) in [6.07, 6.45) is 7.01. The van der Waals surface area contributed by atoms with Gasteiger partial charge in [0.1, 0.15) is 0 Å². The van der Waals surface area contributed by atoms with E-state index in [1.165, 1.54) is 5.56 Å². The number of hydrogen-bond donors (Lipinski definition) is 1. The molecule has 21 heavy (non-hydrogen) atoms. The highest BCUT2D eigenvalue weighted by Gasteiger charge is 2.08. The van der Waals surface area contributed by atoms with Crippen molar-refractivity contribution >= 4 is 5.69 Å². The first-order valence-electron chi connectivity index (χ1n) is 7.48. The molecule has 5 heteroatoms. The van der Waals surface area contributed by atoms with E-state index in [-0.39, 0.29) is 0 Å². The van der Waals surface area contributed by atoms with E-state index in [0.717, 1.165) is 30.9 Å². The van der Waals surface area contributed by atoms with Gasteiger partial charge in [0.25, 0.3) is 0 Å². The van der Waals surface area contributed by atoms with Crippen LogP contribution < -0.4 is 10.2 Å². The fourth-order valence-corrected chi connectivity index (χ4v) is 2.26. The first-order valence-corrected chi connectivity index (χ1v) is 7.48. The third-order valence-corrected chi connectivity index (χ3v) is 3.53. The van der Waals surface area contributed by atoms with Crippen molar-refractivity contribution in [1.82, 2.24) is 20.1 Å². The van der Waals surface area contributed by atoms with Gasteiger partial charge in [0, 0.05) is 38.4 Å². The molecule has 2 heterocycles. The summed E-state index contributed by atoms with van der Waals surface area (Å²) in [6.45, 7) is 6.17. The van der Waals surface area contributed by atoms with Crippen LogP contribution in [0.5, 0.6) is 0 Å². The lowest BCUT2D eigenvalue weighted by Gasteiger charge is -2.19. The van der Waals surface area contributed by atoms with Gasteiger partial charge in [0.2, 0.25) is 0 Å². The molecule has 2 rings (SSSR count). The minimum absolute atomic E-state index is 0.294. The average molecular weight is 287 g/mol. The Morgan fingerprint density at radius 2 is 2.14 bits per heavy atom. The van der Waals surface area contributed by atoms with Gasteiger partial charge in [-0.15, -0.1) is 0 Å². The van der Waals surface area contributed by atoms with E-state index >= 15 is 0 Å². The van der Waals surface area contributed by atoms with E-state index in [2.05, 4.69) is 53.3 Å². The molecule has 1 atom stereocenters. The summed E-state index contributed by atoms with van der Waals surface area (Å²) in [4.78, 5) is 6.75. The lowest BCUT2D eigenvalue weighted by atomic mass is 10.2. The standard InChI is InChI=1S/C16H25N5/c1-5-8-17-13(2)16-7-6-15(10-18-16)20(3)11-14-9-19-21(4)12-14/h6-7,9-10,12-13,17H,5,8,11H2,1-4H3. The van der Waals surface area contributed by atoms with Gasteiger partial charge in [0.05, 0.1) is 23.8 Å². The zero-order chi connectivity index (χ0) is 15.2. The maximum atomic E-state index is 4.57. The topological polar surface area (TPSA) is 46.0 Å². The van der Waals surface area contributed by atoms with E-state index in [9.17, 15) is 0 Å². The first kappa shape index (κ1) is 15.5. The Labute approximate surface area is 127 Å². The second kappa shape index (κ2) is 7.22. The molecule has 0 saturated carbocycles. The quantitative estimate of drug-likeness (QED) is 0.850. The summed E-state index contributed by atoms with van der Waals surface area (Å²) < 4.78 is 1.83. The smallest absolute Gasteiger partial charge is 0.0572 e. The number of pyridine rings is 1. The highest BCUT2D eigenvalue weighted by atomic mass is 15.2. The van der Waals surface area contributed by atoms with E-state index in [1.54, 1.807) is 0 Å². The molecule has 0 bridgehead atoms. The minimum atomic E-state index is 0.294. The summed E-state index contributed by atoms with van der Waals surface area (Å²) in [6, 6.07) is 4.52. The van der Waals surface area contributed by atoms with Crippen molar-refractivity contribution in [3.8, 4) is 0 Å². The summed E-state index contributed by atoms with van der Waals surface area (Å²) in [5, 5.41) is 7.65. The fraction of sp³-hybridized carbons (Fsp3) is 0.500. The van der Waals surface area contributed by atoms with Gasteiger partial charge < -0.3 is 10.2 Å². The number of rotatable bonds is 7. The monoisotopic (exact) mass is 287 g/mol. The average Bonchev–Trinajstić information content (AvgIpc) is 2.90. The molecule has 0 fully saturated rings. The molecule has 2 aromatic heterocycles. The molecule has 1 N–H and O–H groups in total. The van der Waals surface area contributed by atoms with Gasteiger partial charge in [-0.2, -0.15) is 5.10 Å². The molecule has 0 aliphatic rings. The predicted octanol–water partition coefficient (Wildman–Crippen LogP) is 2.51. The molecule has 1 unspecified atom stereocenters. The largest absolute Gasteiger partial charge is 0.369 e. The zero-order valence-corrected chi connectivity index (χ0v) is 13.4. The molecule has 114 valence electrons. The Bertz CT molecular complexity index is 546. The van der Waals surface area contributed by atoms with Gasteiger partial charge in [-0.25, -0.2) is 0 Å². The van der Waals surface area contributed by atoms with Crippen LogP contribution in [-0.4, -0.2) is 28.4 Å². The van der Waals surface area contributed by atoms with Crippen LogP contribution in [-0.2, 0) is 13.6 Å². The highest BCUT2D eigenvalue weighted by Crippen LogP contribution is 2.17. The van der Waals surface area contributed by atoms with E-state index in [4.69, 9.17) is 0 Å². The Morgan fingerprint density at radius 1 is 1.33 bits per heavy atom. The number of nitrogens with one attached hydrogen (secondary N) is 1. The Hall–Kier alpha value is -1.88. The Morgan fingerprint density at radius 3 is 2.71 bits per heavy atom. The first-order chi connectivity index (χ1) is 10.1. The number of aryl methyl sites for hydroxylation is 1. The van der Waals surface area contributed by atoms with E-state index < -0.39 is 0 Å². The molecule has 2 aromatic rings. The van der Waals surface area contributed by atoms with Crippen molar-refractivity contribution in [3.63, 3.8) is 0 Å². The van der Waals surface area contributed by atoms with Crippen LogP contribution in [0.25, 0.3) is 0 Å². The summed E-state index contributed by atoms with van der Waals surface area (Å²) in [5.41, 5.74) is 3.40. The number of nitrogens with zero attached hydrogens (tertiary/aromatic N) is 4. The van der Waals surface area contributed by atoms with Gasteiger partial charge in [-0.3, -0.25) is 9.67 Å². The molecule has 0 aliphatic carbocycles. The zero-order valence-electron chi connectivity index (χ0n) is 13.4. The van der Waals surface area contributed by atoms with Gasteiger partial charge in [-0.05, 0) is 32.0 Å². The normalized spacial score (nSPS) is 12.4. The summed E-state index contributed by atoms with van der Waals surface area (Å²) >= 11 is 0. The van der Waals surface area contributed by atoms with Crippen LogP contribution >= 0.6 is 0 Å². The third-order valence-electron chi connectivity index (χ3n) is 3.53. The fourth-order valence-electron chi connectivity index (χ4n) is 2.26. The molecule has 0 amide bonds. The highest BCUT2D eigenvalue weighted by molar-refractivity contribution is 5.44. The minimum Gasteiger partial charge on any atom is -0.369 e. The molecule has 0 spiro atoms. The summed E-state index contributed by atoms with van der Waals surface area (Å²) in [5.74, 6) is 0. The van der Waals surface area contributed by atoms with Crippen LogP contribution in [0, 0.1) is 0 Å². The molecule has 0 saturated heterocycles. The maximum Gasteiger partial charge on any atom is 0.0572 e.